The summed E-state index contributed by atoms with van der Waals surface area (Å²) in [5.74, 6) is 0.861. The minimum absolute atomic E-state index is 0.124. The Bertz CT molecular complexity index is 323. The van der Waals surface area contributed by atoms with E-state index in [-0.39, 0.29) is 11.7 Å². The first-order valence-electron chi connectivity index (χ1n) is 8.92. The molecule has 1 atom stereocenters. The largest absolute Gasteiger partial charge is 0.390 e. The number of nitrogens with zero attached hydrogens (tertiary/aromatic N) is 2. The Morgan fingerprint density at radius 3 is 2.48 bits per heavy atom. The van der Waals surface area contributed by atoms with Crippen molar-refractivity contribution in [3.05, 3.63) is 0 Å². The Balaban J connectivity index is 1.42. The van der Waals surface area contributed by atoms with Gasteiger partial charge in [0.1, 0.15) is 0 Å². The molecule has 0 aromatic rings. The van der Waals surface area contributed by atoms with Gasteiger partial charge in [0.05, 0.1) is 18.3 Å². The molecule has 0 bridgehead atoms. The maximum Gasteiger partial charge on any atom is 0.0809 e. The molecule has 2 saturated heterocycles. The smallest absolute Gasteiger partial charge is 0.0809 e. The number of piperidine rings is 1. The first kappa shape index (κ1) is 15.7. The van der Waals surface area contributed by atoms with E-state index in [4.69, 9.17) is 4.74 Å². The Labute approximate surface area is 129 Å². The Morgan fingerprint density at radius 1 is 1.10 bits per heavy atom. The summed E-state index contributed by atoms with van der Waals surface area (Å²) >= 11 is 0. The standard InChI is InChI=1S/C17H32N2O2/c1-15-4-8-18(9-5-15)12-16(20)13-19-10-11-21-17(14-19)6-2-3-7-17/h15-16,20H,2-14H2,1H3. The lowest BCUT2D eigenvalue weighted by Crippen LogP contribution is -2.53. The molecule has 3 rings (SSSR count). The maximum absolute atomic E-state index is 10.4. The molecule has 0 amide bonds. The highest BCUT2D eigenvalue weighted by atomic mass is 16.5. The molecule has 4 heteroatoms. The van der Waals surface area contributed by atoms with Crippen molar-refractivity contribution in [2.24, 2.45) is 5.92 Å². The second-order valence-electron chi connectivity index (χ2n) is 7.61. The van der Waals surface area contributed by atoms with E-state index >= 15 is 0 Å². The van der Waals surface area contributed by atoms with Crippen LogP contribution in [0.3, 0.4) is 0 Å². The lowest BCUT2D eigenvalue weighted by Gasteiger charge is -2.41. The van der Waals surface area contributed by atoms with Crippen molar-refractivity contribution in [3.8, 4) is 0 Å². The lowest BCUT2D eigenvalue weighted by molar-refractivity contribution is -0.111. The zero-order chi connectivity index (χ0) is 14.7. The predicted molar refractivity (Wildman–Crippen MR) is 84.4 cm³/mol. The first-order valence-corrected chi connectivity index (χ1v) is 8.92. The minimum Gasteiger partial charge on any atom is -0.390 e. The van der Waals surface area contributed by atoms with Gasteiger partial charge in [-0.05, 0) is 44.7 Å². The van der Waals surface area contributed by atoms with Gasteiger partial charge >= 0.3 is 0 Å². The van der Waals surface area contributed by atoms with Gasteiger partial charge in [-0.2, -0.15) is 0 Å². The van der Waals surface area contributed by atoms with Gasteiger partial charge in [0, 0.05) is 26.2 Å². The molecule has 0 aromatic heterocycles. The second-order valence-corrected chi connectivity index (χ2v) is 7.61. The number of hydrogen-bond donors (Lipinski definition) is 1. The minimum atomic E-state index is -0.213. The normalized spacial score (nSPS) is 30.0. The SMILES string of the molecule is CC1CCN(CC(O)CN2CCOC3(CCCC3)C2)CC1. The van der Waals surface area contributed by atoms with E-state index in [0.29, 0.717) is 0 Å². The third-order valence-electron chi connectivity index (χ3n) is 5.66. The van der Waals surface area contributed by atoms with Gasteiger partial charge in [-0.1, -0.05) is 19.8 Å². The third kappa shape index (κ3) is 4.19. The average Bonchev–Trinajstić information content (AvgIpc) is 2.89. The Morgan fingerprint density at radius 2 is 1.76 bits per heavy atom. The van der Waals surface area contributed by atoms with Gasteiger partial charge in [0.2, 0.25) is 0 Å². The number of β-amino-alcohol motifs (C(OH)–C–C–N with tert-alkyl or cyclic N) is 1. The number of likely N-dealkylation sites (tertiary alicyclic amines) is 1. The molecule has 21 heavy (non-hydrogen) atoms. The number of aliphatic hydroxyl groups is 1. The van der Waals surface area contributed by atoms with Crippen LogP contribution in [0.15, 0.2) is 0 Å². The van der Waals surface area contributed by atoms with Gasteiger partial charge in [-0.25, -0.2) is 0 Å². The molecular weight excluding hydrogens is 264 g/mol. The van der Waals surface area contributed by atoms with Crippen molar-refractivity contribution in [1.82, 2.24) is 9.80 Å². The summed E-state index contributed by atoms with van der Waals surface area (Å²) in [6, 6.07) is 0. The fourth-order valence-electron chi connectivity index (χ4n) is 4.30. The van der Waals surface area contributed by atoms with Gasteiger partial charge in [0.25, 0.3) is 0 Å². The molecule has 1 spiro atoms. The summed E-state index contributed by atoms with van der Waals surface area (Å²) in [7, 11) is 0. The van der Waals surface area contributed by atoms with E-state index in [0.717, 1.165) is 51.8 Å². The summed E-state index contributed by atoms with van der Waals surface area (Å²) < 4.78 is 6.07. The Hall–Kier alpha value is -0.160. The van der Waals surface area contributed by atoms with E-state index in [2.05, 4.69) is 16.7 Å². The summed E-state index contributed by atoms with van der Waals surface area (Å²) in [5, 5.41) is 10.4. The summed E-state index contributed by atoms with van der Waals surface area (Å²) in [6.45, 7) is 9.16. The highest BCUT2D eigenvalue weighted by Crippen LogP contribution is 2.35. The fourth-order valence-corrected chi connectivity index (χ4v) is 4.30. The topological polar surface area (TPSA) is 35.9 Å². The molecule has 2 aliphatic heterocycles. The van der Waals surface area contributed by atoms with Gasteiger partial charge in [-0.3, -0.25) is 4.90 Å². The number of aliphatic hydroxyl groups excluding tert-OH is 1. The average molecular weight is 296 g/mol. The molecule has 122 valence electrons. The molecule has 4 nitrogen and oxygen atoms in total. The number of ether oxygens (including phenoxy) is 1. The van der Waals surface area contributed by atoms with Crippen LogP contribution in [0, 0.1) is 5.92 Å². The highest BCUT2D eigenvalue weighted by molar-refractivity contribution is 4.92. The highest BCUT2D eigenvalue weighted by Gasteiger charge is 2.39. The number of morpholine rings is 1. The van der Waals surface area contributed by atoms with Crippen molar-refractivity contribution in [2.75, 3.05) is 45.9 Å². The number of rotatable bonds is 4. The van der Waals surface area contributed by atoms with Crippen molar-refractivity contribution in [2.45, 2.75) is 57.2 Å². The maximum atomic E-state index is 10.4. The van der Waals surface area contributed by atoms with Crippen LogP contribution >= 0.6 is 0 Å². The molecule has 3 aliphatic rings. The predicted octanol–water partition coefficient (Wildman–Crippen LogP) is 1.72. The summed E-state index contributed by atoms with van der Waals surface area (Å²) in [6.07, 6.45) is 7.40. The van der Waals surface area contributed by atoms with E-state index < -0.39 is 0 Å². The van der Waals surface area contributed by atoms with Crippen LogP contribution in [0.4, 0.5) is 0 Å². The van der Waals surface area contributed by atoms with E-state index in [1.807, 2.05) is 0 Å². The molecule has 2 heterocycles. The molecule has 1 N–H and O–H groups in total. The Kier molecular flexibility index (Phi) is 5.20. The molecule has 0 radical (unpaired) electrons. The molecule has 1 saturated carbocycles. The van der Waals surface area contributed by atoms with Crippen LogP contribution in [-0.4, -0.2) is 72.5 Å². The monoisotopic (exact) mass is 296 g/mol. The van der Waals surface area contributed by atoms with E-state index in [1.54, 1.807) is 0 Å². The van der Waals surface area contributed by atoms with Gasteiger partial charge < -0.3 is 14.7 Å². The van der Waals surface area contributed by atoms with Crippen LogP contribution in [-0.2, 0) is 4.74 Å². The van der Waals surface area contributed by atoms with Crippen LogP contribution in [0.2, 0.25) is 0 Å². The zero-order valence-corrected chi connectivity index (χ0v) is 13.6. The van der Waals surface area contributed by atoms with E-state index in [1.165, 1.54) is 38.5 Å². The van der Waals surface area contributed by atoms with E-state index in [9.17, 15) is 5.11 Å². The van der Waals surface area contributed by atoms with Crippen molar-refractivity contribution in [1.29, 1.82) is 0 Å². The summed E-state index contributed by atoms with van der Waals surface area (Å²) in [4.78, 5) is 4.88. The van der Waals surface area contributed by atoms with Crippen LogP contribution < -0.4 is 0 Å². The van der Waals surface area contributed by atoms with Crippen molar-refractivity contribution < 1.29 is 9.84 Å². The molecule has 1 unspecified atom stereocenters. The first-order chi connectivity index (χ1) is 10.2. The molecular formula is C17H32N2O2. The number of hydrogen-bond acceptors (Lipinski definition) is 4. The zero-order valence-electron chi connectivity index (χ0n) is 13.6. The summed E-state index contributed by atoms with van der Waals surface area (Å²) in [5.41, 5.74) is 0.124. The molecule has 1 aliphatic carbocycles. The third-order valence-corrected chi connectivity index (χ3v) is 5.66. The fraction of sp³-hybridized carbons (Fsp3) is 1.00. The van der Waals surface area contributed by atoms with Crippen molar-refractivity contribution >= 4 is 0 Å². The molecule has 0 aromatic carbocycles. The quantitative estimate of drug-likeness (QED) is 0.857. The second kappa shape index (κ2) is 6.95. The van der Waals surface area contributed by atoms with Crippen LogP contribution in [0.5, 0.6) is 0 Å². The van der Waals surface area contributed by atoms with Gasteiger partial charge in [0.15, 0.2) is 0 Å². The van der Waals surface area contributed by atoms with Crippen molar-refractivity contribution in [3.63, 3.8) is 0 Å². The lowest BCUT2D eigenvalue weighted by atomic mass is 9.98. The van der Waals surface area contributed by atoms with Crippen LogP contribution in [0.1, 0.15) is 45.4 Å². The molecule has 3 fully saturated rings. The van der Waals surface area contributed by atoms with Gasteiger partial charge in [-0.15, -0.1) is 0 Å². The van der Waals surface area contributed by atoms with Crippen LogP contribution in [0.25, 0.3) is 0 Å².